The second-order valence-corrected chi connectivity index (χ2v) is 5.78. The molecule has 11 heteroatoms. The maximum Gasteiger partial charge on any atom is 0.469 e. The number of phosphoric acid groups is 1. The number of ether oxygens (including phenoxy) is 1. The second kappa shape index (κ2) is 5.84. The lowest BCUT2D eigenvalue weighted by molar-refractivity contribution is -0.0455. The first-order valence-corrected chi connectivity index (χ1v) is 7.54. The molecule has 10 nitrogen and oxygen atoms in total. The largest absolute Gasteiger partial charge is 0.469 e. The molecule has 3 atom stereocenters. The molecule has 0 amide bonds. The molecular formula is C10H15N2O8P. The molecule has 3 N–H and O–H groups in total. The molecule has 0 unspecified atom stereocenters. The van der Waals surface area contributed by atoms with Gasteiger partial charge < -0.3 is 19.6 Å². The van der Waals surface area contributed by atoms with E-state index in [2.05, 4.69) is 4.52 Å². The normalized spacial score (nSPS) is 26.2. The molecule has 21 heavy (non-hydrogen) atoms. The van der Waals surface area contributed by atoms with E-state index in [4.69, 9.17) is 19.6 Å². The van der Waals surface area contributed by atoms with Crippen LogP contribution in [0.15, 0.2) is 21.9 Å². The van der Waals surface area contributed by atoms with Crippen LogP contribution < -0.4 is 11.2 Å². The summed E-state index contributed by atoms with van der Waals surface area (Å²) in [5.74, 6) is 0. The first-order valence-electron chi connectivity index (χ1n) is 6.01. The van der Waals surface area contributed by atoms with Crippen molar-refractivity contribution in [3.8, 4) is 0 Å². The lowest BCUT2D eigenvalue weighted by atomic mass is 10.2. The topological polar surface area (TPSA) is 140 Å². The summed E-state index contributed by atoms with van der Waals surface area (Å²) in [4.78, 5) is 40.9. The van der Waals surface area contributed by atoms with Gasteiger partial charge in [0.15, 0.2) is 0 Å². The molecule has 0 spiro atoms. The average molecular weight is 322 g/mol. The van der Waals surface area contributed by atoms with Gasteiger partial charge in [0, 0.05) is 25.7 Å². The summed E-state index contributed by atoms with van der Waals surface area (Å²) in [5, 5.41) is 9.17. The number of aromatic nitrogens is 2. The van der Waals surface area contributed by atoms with E-state index in [1.54, 1.807) is 0 Å². The van der Waals surface area contributed by atoms with Crippen LogP contribution in [0.25, 0.3) is 0 Å². The Morgan fingerprint density at radius 3 is 2.71 bits per heavy atom. The van der Waals surface area contributed by atoms with E-state index < -0.39 is 44.1 Å². The van der Waals surface area contributed by atoms with E-state index in [0.717, 1.165) is 15.2 Å². The van der Waals surface area contributed by atoms with Crippen molar-refractivity contribution in [3.63, 3.8) is 0 Å². The summed E-state index contributed by atoms with van der Waals surface area (Å²) >= 11 is 0. The molecule has 2 rings (SSSR count). The van der Waals surface area contributed by atoms with E-state index in [-0.39, 0.29) is 6.42 Å². The highest BCUT2D eigenvalue weighted by Crippen LogP contribution is 2.43. The SMILES string of the molecule is Cn1c(=O)ccn([C@H]2C[C@H](OP(=O)(O)O)[C@@H](CO)O2)c1=O. The van der Waals surface area contributed by atoms with Crippen molar-refractivity contribution >= 4 is 7.82 Å². The van der Waals surface area contributed by atoms with Gasteiger partial charge in [-0.05, 0) is 0 Å². The quantitative estimate of drug-likeness (QED) is 0.557. The average Bonchev–Trinajstić information content (AvgIpc) is 2.76. The number of nitrogens with zero attached hydrogens (tertiary/aromatic N) is 2. The van der Waals surface area contributed by atoms with Crippen LogP contribution in [0.4, 0.5) is 0 Å². The van der Waals surface area contributed by atoms with E-state index in [0.29, 0.717) is 0 Å². The first kappa shape index (κ1) is 16.1. The predicted molar refractivity (Wildman–Crippen MR) is 68.5 cm³/mol. The van der Waals surface area contributed by atoms with Crippen molar-refractivity contribution in [1.82, 2.24) is 9.13 Å². The van der Waals surface area contributed by atoms with Gasteiger partial charge in [0.25, 0.3) is 5.56 Å². The molecule has 1 fully saturated rings. The van der Waals surface area contributed by atoms with Crippen LogP contribution in [0.5, 0.6) is 0 Å². The summed E-state index contributed by atoms with van der Waals surface area (Å²) in [5.41, 5.74) is -1.13. The molecule has 1 aromatic heterocycles. The third-order valence-corrected chi connectivity index (χ3v) is 3.70. The fraction of sp³-hybridized carbons (Fsp3) is 0.600. The second-order valence-electron chi connectivity index (χ2n) is 4.58. The maximum atomic E-state index is 12.0. The van der Waals surface area contributed by atoms with Gasteiger partial charge in [-0.2, -0.15) is 0 Å². The lowest BCUT2D eigenvalue weighted by Gasteiger charge is -2.16. The van der Waals surface area contributed by atoms with Gasteiger partial charge in [-0.15, -0.1) is 0 Å². The Morgan fingerprint density at radius 2 is 2.14 bits per heavy atom. The van der Waals surface area contributed by atoms with Crippen molar-refractivity contribution in [2.24, 2.45) is 7.05 Å². The first-order chi connectivity index (χ1) is 9.73. The van der Waals surface area contributed by atoms with E-state index in [9.17, 15) is 14.2 Å². The van der Waals surface area contributed by atoms with Gasteiger partial charge in [-0.25, -0.2) is 9.36 Å². The number of phosphoric ester groups is 1. The van der Waals surface area contributed by atoms with Gasteiger partial charge in [0.2, 0.25) is 0 Å². The molecule has 0 radical (unpaired) electrons. The van der Waals surface area contributed by atoms with Gasteiger partial charge in [0.05, 0.1) is 6.61 Å². The highest BCUT2D eigenvalue weighted by molar-refractivity contribution is 7.46. The molecule has 0 bridgehead atoms. The monoisotopic (exact) mass is 322 g/mol. The number of aliphatic hydroxyl groups is 1. The molecular weight excluding hydrogens is 307 g/mol. The Hall–Kier alpha value is -1.29. The van der Waals surface area contributed by atoms with Crippen LogP contribution in [0.2, 0.25) is 0 Å². The van der Waals surface area contributed by atoms with Crippen molar-refractivity contribution in [2.45, 2.75) is 24.9 Å². The molecule has 0 saturated carbocycles. The smallest absolute Gasteiger partial charge is 0.394 e. The Bertz CT molecular complexity index is 676. The fourth-order valence-electron chi connectivity index (χ4n) is 2.13. The van der Waals surface area contributed by atoms with Crippen LogP contribution in [0.1, 0.15) is 12.6 Å². The van der Waals surface area contributed by atoms with Crippen molar-refractivity contribution in [1.29, 1.82) is 0 Å². The van der Waals surface area contributed by atoms with E-state index in [1.165, 1.54) is 13.2 Å². The van der Waals surface area contributed by atoms with Crippen molar-refractivity contribution < 1.29 is 28.7 Å². The summed E-state index contributed by atoms with van der Waals surface area (Å²) in [7, 11) is -3.45. The van der Waals surface area contributed by atoms with Crippen LogP contribution in [-0.2, 0) is 20.9 Å². The van der Waals surface area contributed by atoms with Gasteiger partial charge in [-0.3, -0.25) is 18.5 Å². The zero-order valence-corrected chi connectivity index (χ0v) is 11.9. The van der Waals surface area contributed by atoms with Crippen LogP contribution in [0, 0.1) is 0 Å². The summed E-state index contributed by atoms with van der Waals surface area (Å²) in [6, 6.07) is 1.16. The van der Waals surface area contributed by atoms with Gasteiger partial charge >= 0.3 is 13.5 Å². The highest BCUT2D eigenvalue weighted by atomic mass is 31.2. The third-order valence-electron chi connectivity index (χ3n) is 3.16. The van der Waals surface area contributed by atoms with Crippen LogP contribution >= 0.6 is 7.82 Å². The number of hydrogen-bond acceptors (Lipinski definition) is 6. The van der Waals surface area contributed by atoms with Gasteiger partial charge in [-0.1, -0.05) is 0 Å². The molecule has 1 saturated heterocycles. The Kier molecular flexibility index (Phi) is 4.47. The molecule has 1 aliphatic rings. The minimum atomic E-state index is -4.75. The third kappa shape index (κ3) is 3.49. The Labute approximate surface area is 118 Å². The lowest BCUT2D eigenvalue weighted by Crippen LogP contribution is -2.38. The zero-order chi connectivity index (χ0) is 15.8. The van der Waals surface area contributed by atoms with Crippen molar-refractivity contribution in [3.05, 3.63) is 33.1 Å². The minimum Gasteiger partial charge on any atom is -0.394 e. The standard InChI is InChI=1S/C10H15N2O8P/c1-11-8(14)2-3-12(10(11)15)9-4-6(7(5-13)19-9)20-21(16,17)18/h2-3,6-7,9,13H,4-5H2,1H3,(H2,16,17,18)/t6-,7+,9+/m0/s1. The van der Waals surface area contributed by atoms with Gasteiger partial charge in [0.1, 0.15) is 18.4 Å². The van der Waals surface area contributed by atoms with Crippen molar-refractivity contribution in [2.75, 3.05) is 6.61 Å². The van der Waals surface area contributed by atoms with Crippen LogP contribution in [0.3, 0.4) is 0 Å². The summed E-state index contributed by atoms with van der Waals surface area (Å²) in [6.45, 7) is -0.526. The Morgan fingerprint density at radius 1 is 1.48 bits per heavy atom. The molecule has 0 aliphatic carbocycles. The number of rotatable bonds is 4. The predicted octanol–water partition coefficient (Wildman–Crippen LogP) is -1.70. The maximum absolute atomic E-state index is 12.0. The molecule has 0 aromatic carbocycles. The summed E-state index contributed by atoms with van der Waals surface area (Å²) < 4.78 is 22.8. The Balaban J connectivity index is 2.28. The molecule has 1 aliphatic heterocycles. The molecule has 1 aromatic rings. The highest BCUT2D eigenvalue weighted by Gasteiger charge is 2.40. The van der Waals surface area contributed by atoms with E-state index >= 15 is 0 Å². The van der Waals surface area contributed by atoms with E-state index in [1.807, 2.05) is 0 Å². The zero-order valence-electron chi connectivity index (χ0n) is 11.0. The van der Waals surface area contributed by atoms with Crippen LogP contribution in [-0.4, -0.2) is 42.8 Å². The summed E-state index contributed by atoms with van der Waals surface area (Å²) in [6.07, 6.45) is -1.76. The minimum absolute atomic E-state index is 0.0472. The number of hydrogen-bond donors (Lipinski definition) is 3. The molecule has 118 valence electrons. The fourth-order valence-corrected chi connectivity index (χ4v) is 2.70. The molecule has 2 heterocycles. The number of aliphatic hydroxyl groups excluding tert-OH is 1.